The Balaban J connectivity index is 1.79. The van der Waals surface area contributed by atoms with Crippen LogP contribution in [0.3, 0.4) is 0 Å². The van der Waals surface area contributed by atoms with Crippen LogP contribution in [0.4, 0.5) is 4.79 Å². The number of hydrogen-bond donors (Lipinski definition) is 1. The van der Waals surface area contributed by atoms with Gasteiger partial charge in [0.25, 0.3) is 0 Å². The first-order valence-electron chi connectivity index (χ1n) is 8.55. The molecule has 1 aromatic heterocycles. The lowest BCUT2D eigenvalue weighted by Crippen LogP contribution is -2.54. The van der Waals surface area contributed by atoms with E-state index in [9.17, 15) is 4.79 Å². The van der Waals surface area contributed by atoms with Crippen LogP contribution in [0.5, 0.6) is 0 Å². The molecule has 3 rings (SSSR count). The van der Waals surface area contributed by atoms with Gasteiger partial charge in [0.15, 0.2) is 0 Å². The van der Waals surface area contributed by atoms with E-state index in [2.05, 4.69) is 10.3 Å². The number of aromatic nitrogens is 2. The average Bonchev–Trinajstić information content (AvgIpc) is 3.03. The number of morpholine rings is 1. The lowest BCUT2D eigenvalue weighted by Gasteiger charge is -2.41. The van der Waals surface area contributed by atoms with Gasteiger partial charge in [0.2, 0.25) is 0 Å². The maximum atomic E-state index is 12.4. The molecule has 1 N–H and O–H groups in total. The first-order valence-corrected chi connectivity index (χ1v) is 8.55. The van der Waals surface area contributed by atoms with Crippen molar-refractivity contribution in [2.45, 2.75) is 51.4 Å². The quantitative estimate of drug-likeness (QED) is 0.846. The highest BCUT2D eigenvalue weighted by Crippen LogP contribution is 2.39. The van der Waals surface area contributed by atoms with Gasteiger partial charge in [-0.15, -0.1) is 0 Å². The molecule has 2 atom stereocenters. The molecule has 0 aromatic carbocycles. The first-order chi connectivity index (χ1) is 11.2. The molecule has 7 nitrogen and oxygen atoms in total. The van der Waals surface area contributed by atoms with Gasteiger partial charge < -0.3 is 24.3 Å². The summed E-state index contributed by atoms with van der Waals surface area (Å²) in [5.41, 5.74) is 0.0483. The van der Waals surface area contributed by atoms with Crippen molar-refractivity contribution in [2.24, 2.45) is 7.05 Å². The lowest BCUT2D eigenvalue weighted by atomic mass is 9.89. The van der Waals surface area contributed by atoms with Gasteiger partial charge in [0, 0.05) is 26.3 Å². The molecule has 0 aliphatic carbocycles. The van der Waals surface area contributed by atoms with Crippen molar-refractivity contribution in [3.8, 4) is 0 Å². The third-order valence-corrected chi connectivity index (χ3v) is 4.70. The number of carbonyl (C=O) groups is 1. The summed E-state index contributed by atoms with van der Waals surface area (Å²) in [5, 5.41) is 3.54. The standard InChI is InChI=1S/C17H28N4O3/c1-12-19-13(10-20(12)5)14-17(23-9-7-18-14)6-8-21(11-17)15(22)24-16(2,3)4/h10,14,18H,6-9,11H2,1-5H3. The van der Waals surface area contributed by atoms with Gasteiger partial charge in [0.05, 0.1) is 24.9 Å². The fourth-order valence-corrected chi connectivity index (χ4v) is 3.47. The Hall–Kier alpha value is -1.60. The Morgan fingerprint density at radius 3 is 2.88 bits per heavy atom. The van der Waals surface area contributed by atoms with E-state index in [1.807, 2.05) is 45.5 Å². The van der Waals surface area contributed by atoms with E-state index < -0.39 is 11.2 Å². The zero-order chi connectivity index (χ0) is 17.5. The average molecular weight is 336 g/mol. The Bertz CT molecular complexity index is 602. The summed E-state index contributed by atoms with van der Waals surface area (Å²) >= 11 is 0. The monoisotopic (exact) mass is 336 g/mol. The highest BCUT2D eigenvalue weighted by atomic mass is 16.6. The van der Waals surface area contributed by atoms with Crippen LogP contribution in [-0.4, -0.2) is 58.0 Å². The predicted molar refractivity (Wildman–Crippen MR) is 89.8 cm³/mol. The summed E-state index contributed by atoms with van der Waals surface area (Å²) < 4.78 is 13.7. The number of carbonyl (C=O) groups excluding carboxylic acids is 1. The maximum Gasteiger partial charge on any atom is 0.410 e. The van der Waals surface area contributed by atoms with Crippen LogP contribution in [0.15, 0.2) is 6.20 Å². The van der Waals surface area contributed by atoms with Gasteiger partial charge in [-0.3, -0.25) is 0 Å². The van der Waals surface area contributed by atoms with Crippen LogP contribution < -0.4 is 5.32 Å². The normalized spacial score (nSPS) is 27.7. The van der Waals surface area contributed by atoms with Crippen LogP contribution >= 0.6 is 0 Å². The van der Waals surface area contributed by atoms with E-state index >= 15 is 0 Å². The van der Waals surface area contributed by atoms with Gasteiger partial charge in [-0.25, -0.2) is 9.78 Å². The van der Waals surface area contributed by atoms with Gasteiger partial charge >= 0.3 is 6.09 Å². The van der Waals surface area contributed by atoms with Gasteiger partial charge in [-0.2, -0.15) is 0 Å². The van der Waals surface area contributed by atoms with E-state index in [1.54, 1.807) is 4.90 Å². The molecule has 0 saturated carbocycles. The van der Waals surface area contributed by atoms with Crippen LogP contribution in [0.2, 0.25) is 0 Å². The van der Waals surface area contributed by atoms with Crippen molar-refractivity contribution in [3.05, 3.63) is 17.7 Å². The molecule has 2 saturated heterocycles. The largest absolute Gasteiger partial charge is 0.444 e. The van der Waals surface area contributed by atoms with E-state index in [1.165, 1.54) is 0 Å². The lowest BCUT2D eigenvalue weighted by molar-refractivity contribution is -0.0911. The number of rotatable bonds is 1. The summed E-state index contributed by atoms with van der Waals surface area (Å²) in [6.45, 7) is 10.2. The predicted octanol–water partition coefficient (Wildman–Crippen LogP) is 1.77. The number of aryl methyl sites for hydroxylation is 2. The summed E-state index contributed by atoms with van der Waals surface area (Å²) in [5.74, 6) is 0.967. The molecule has 2 unspecified atom stereocenters. The molecule has 0 radical (unpaired) electrons. The number of nitrogens with one attached hydrogen (secondary N) is 1. The highest BCUT2D eigenvalue weighted by Gasteiger charge is 2.50. The van der Waals surface area contributed by atoms with Gasteiger partial charge in [-0.05, 0) is 34.1 Å². The second-order valence-electron chi connectivity index (χ2n) is 7.78. The zero-order valence-electron chi connectivity index (χ0n) is 15.3. The molecule has 1 spiro atoms. The van der Waals surface area contributed by atoms with Crippen molar-refractivity contribution >= 4 is 6.09 Å². The Labute approximate surface area is 143 Å². The smallest absolute Gasteiger partial charge is 0.410 e. The number of hydrogen-bond acceptors (Lipinski definition) is 5. The minimum atomic E-state index is -0.490. The van der Waals surface area contributed by atoms with E-state index in [0.717, 1.165) is 24.5 Å². The molecule has 2 aliphatic rings. The minimum Gasteiger partial charge on any atom is -0.444 e. The summed E-state index contributed by atoms with van der Waals surface area (Å²) in [6.07, 6.45) is 2.54. The molecule has 134 valence electrons. The molecule has 0 bridgehead atoms. The molecular weight excluding hydrogens is 308 g/mol. The fraction of sp³-hybridized carbons (Fsp3) is 0.765. The molecule has 1 amide bonds. The number of imidazole rings is 1. The Kier molecular flexibility index (Phi) is 4.34. The molecule has 2 fully saturated rings. The molecule has 7 heteroatoms. The topological polar surface area (TPSA) is 68.6 Å². The van der Waals surface area contributed by atoms with Crippen LogP contribution in [0, 0.1) is 6.92 Å². The Morgan fingerprint density at radius 1 is 1.50 bits per heavy atom. The van der Waals surface area contributed by atoms with Crippen molar-refractivity contribution in [1.82, 2.24) is 19.8 Å². The zero-order valence-corrected chi connectivity index (χ0v) is 15.3. The number of nitrogens with zero attached hydrogens (tertiary/aromatic N) is 3. The highest BCUT2D eigenvalue weighted by molar-refractivity contribution is 5.68. The van der Waals surface area contributed by atoms with Crippen molar-refractivity contribution in [1.29, 1.82) is 0 Å². The molecule has 3 heterocycles. The van der Waals surface area contributed by atoms with E-state index in [-0.39, 0.29) is 12.1 Å². The summed E-state index contributed by atoms with van der Waals surface area (Å²) in [7, 11) is 1.99. The SMILES string of the molecule is Cc1nc(C2NCCOC23CCN(C(=O)OC(C)(C)C)C3)cn1C. The van der Waals surface area contributed by atoms with Crippen LogP contribution in [-0.2, 0) is 16.5 Å². The molecule has 24 heavy (non-hydrogen) atoms. The van der Waals surface area contributed by atoms with Crippen molar-refractivity contribution < 1.29 is 14.3 Å². The second kappa shape index (κ2) is 6.04. The van der Waals surface area contributed by atoms with Crippen molar-refractivity contribution in [2.75, 3.05) is 26.2 Å². The first kappa shape index (κ1) is 17.2. The third kappa shape index (κ3) is 3.28. The maximum absolute atomic E-state index is 12.4. The molecular formula is C17H28N4O3. The number of amides is 1. The van der Waals surface area contributed by atoms with Crippen LogP contribution in [0.25, 0.3) is 0 Å². The number of likely N-dealkylation sites (tertiary alicyclic amines) is 1. The fourth-order valence-electron chi connectivity index (χ4n) is 3.47. The van der Waals surface area contributed by atoms with Gasteiger partial charge in [-0.1, -0.05) is 0 Å². The van der Waals surface area contributed by atoms with Crippen LogP contribution in [0.1, 0.15) is 44.8 Å². The van der Waals surface area contributed by atoms with Crippen molar-refractivity contribution in [3.63, 3.8) is 0 Å². The van der Waals surface area contributed by atoms with E-state index in [4.69, 9.17) is 9.47 Å². The minimum absolute atomic E-state index is 0.0152. The molecule has 1 aromatic rings. The van der Waals surface area contributed by atoms with Gasteiger partial charge in [0.1, 0.15) is 17.0 Å². The third-order valence-electron chi connectivity index (χ3n) is 4.70. The van der Waals surface area contributed by atoms with E-state index in [0.29, 0.717) is 19.7 Å². The Morgan fingerprint density at radius 2 is 2.25 bits per heavy atom. The summed E-state index contributed by atoms with van der Waals surface area (Å²) in [4.78, 5) is 18.8. The number of ether oxygens (including phenoxy) is 2. The second-order valence-corrected chi connectivity index (χ2v) is 7.78. The summed E-state index contributed by atoms with van der Waals surface area (Å²) in [6, 6.07) is -0.0152. The molecule has 2 aliphatic heterocycles.